The fourth-order valence-corrected chi connectivity index (χ4v) is 1.16. The topological polar surface area (TPSA) is 67.6 Å². The lowest BCUT2D eigenvalue weighted by Gasteiger charge is -2.39. The van der Waals surface area contributed by atoms with Crippen LogP contribution in [0.5, 0.6) is 0 Å². The summed E-state index contributed by atoms with van der Waals surface area (Å²) in [7, 11) is 3.96. The van der Waals surface area contributed by atoms with Crippen LogP contribution in [0.25, 0.3) is 0 Å². The van der Waals surface area contributed by atoms with Crippen LogP contribution in [0, 0.1) is 0 Å². The van der Waals surface area contributed by atoms with Crippen molar-refractivity contribution in [2.24, 2.45) is 5.73 Å². The van der Waals surface area contributed by atoms with E-state index in [-0.39, 0.29) is 5.91 Å². The average molecular weight is 187 g/mol. The highest BCUT2D eigenvalue weighted by molar-refractivity contribution is 5.85. The van der Waals surface area contributed by atoms with Crippen LogP contribution in [0.3, 0.4) is 0 Å². The van der Waals surface area contributed by atoms with Crippen LogP contribution in [-0.4, -0.2) is 56.7 Å². The molecule has 0 aliphatic carbocycles. The van der Waals surface area contributed by atoms with E-state index in [0.29, 0.717) is 13.2 Å². The van der Waals surface area contributed by atoms with Gasteiger partial charge in [-0.1, -0.05) is 0 Å². The van der Waals surface area contributed by atoms with Gasteiger partial charge in [-0.2, -0.15) is 0 Å². The molecule has 0 unspecified atom stereocenters. The molecule has 0 spiro atoms. The molecule has 5 nitrogen and oxygen atoms in total. The average Bonchev–Trinajstić information content (AvgIpc) is 1.93. The van der Waals surface area contributed by atoms with Gasteiger partial charge in [0.1, 0.15) is 5.54 Å². The molecule has 0 aromatic heterocycles. The van der Waals surface area contributed by atoms with Crippen molar-refractivity contribution in [2.45, 2.75) is 5.54 Å². The normalized spacial score (nSPS) is 19.9. The summed E-state index contributed by atoms with van der Waals surface area (Å²) in [6.07, 6.45) is 0. The van der Waals surface area contributed by atoms with Gasteiger partial charge in [0.2, 0.25) is 5.91 Å². The van der Waals surface area contributed by atoms with Gasteiger partial charge in [-0.05, 0) is 14.1 Å². The smallest absolute Gasteiger partial charge is 0.242 e. The zero-order valence-corrected chi connectivity index (χ0v) is 8.17. The molecule has 76 valence electrons. The Morgan fingerprint density at radius 3 is 2.54 bits per heavy atom. The highest BCUT2D eigenvalue weighted by Gasteiger charge is 2.43. The number of carbonyl (C=O) groups excluding carboxylic acids is 1. The summed E-state index contributed by atoms with van der Waals surface area (Å²) in [6, 6.07) is 0. The Labute approximate surface area is 78.2 Å². The third-order valence-electron chi connectivity index (χ3n) is 2.19. The molecule has 1 aliphatic heterocycles. The zero-order chi connectivity index (χ0) is 9.90. The lowest BCUT2D eigenvalue weighted by Crippen LogP contribution is -2.68. The second kappa shape index (κ2) is 4.04. The number of hydrogen-bond acceptors (Lipinski definition) is 4. The summed E-state index contributed by atoms with van der Waals surface area (Å²) < 4.78 is 4.98. The minimum absolute atomic E-state index is 0.322. The van der Waals surface area contributed by atoms with Gasteiger partial charge >= 0.3 is 0 Å². The number of nitrogens with zero attached hydrogens (tertiary/aromatic N) is 1. The number of ether oxygens (including phenoxy) is 1. The largest absolute Gasteiger partial charge is 0.376 e. The van der Waals surface area contributed by atoms with E-state index in [9.17, 15) is 4.79 Å². The number of nitrogens with one attached hydrogen (secondary N) is 1. The first-order valence-corrected chi connectivity index (χ1v) is 4.34. The monoisotopic (exact) mass is 187 g/mol. The standard InChI is InChI=1S/C8H17N3O2/c1-11(2)4-3-10-8(7(9)12)5-13-6-8/h10H,3-6H2,1-2H3,(H2,9,12). The van der Waals surface area contributed by atoms with E-state index in [1.165, 1.54) is 0 Å². The highest BCUT2D eigenvalue weighted by atomic mass is 16.5. The summed E-state index contributed by atoms with van der Waals surface area (Å²) in [5.41, 5.74) is 4.65. The van der Waals surface area contributed by atoms with E-state index in [2.05, 4.69) is 5.32 Å². The molecule has 0 bridgehead atoms. The summed E-state index contributed by atoms with van der Waals surface area (Å²) >= 11 is 0. The van der Waals surface area contributed by atoms with Crippen molar-refractivity contribution in [3.05, 3.63) is 0 Å². The first-order chi connectivity index (χ1) is 6.07. The van der Waals surface area contributed by atoms with Gasteiger partial charge in [-0.3, -0.25) is 10.1 Å². The number of carbonyl (C=O) groups is 1. The molecule has 1 fully saturated rings. The number of amides is 1. The summed E-state index contributed by atoms with van der Waals surface area (Å²) in [5.74, 6) is -0.322. The van der Waals surface area contributed by atoms with Crippen LogP contribution in [0.1, 0.15) is 0 Å². The molecule has 0 saturated carbocycles. The van der Waals surface area contributed by atoms with Crippen LogP contribution in [0.4, 0.5) is 0 Å². The van der Waals surface area contributed by atoms with Crippen molar-refractivity contribution in [3.8, 4) is 0 Å². The molecule has 0 aromatic rings. The predicted octanol–water partition coefficient (Wildman–Crippen LogP) is -1.61. The Morgan fingerprint density at radius 2 is 2.23 bits per heavy atom. The van der Waals surface area contributed by atoms with Gasteiger partial charge in [0.15, 0.2) is 0 Å². The van der Waals surface area contributed by atoms with Crippen LogP contribution in [-0.2, 0) is 9.53 Å². The predicted molar refractivity (Wildman–Crippen MR) is 49.3 cm³/mol. The van der Waals surface area contributed by atoms with Crippen LogP contribution < -0.4 is 11.1 Å². The van der Waals surface area contributed by atoms with E-state index >= 15 is 0 Å². The Balaban J connectivity index is 2.28. The number of nitrogens with two attached hydrogens (primary N) is 1. The molecular formula is C8H17N3O2. The SMILES string of the molecule is CN(C)CCNC1(C(N)=O)COC1. The Morgan fingerprint density at radius 1 is 1.62 bits per heavy atom. The lowest BCUT2D eigenvalue weighted by atomic mass is 9.97. The van der Waals surface area contributed by atoms with Gasteiger partial charge in [0.25, 0.3) is 0 Å². The van der Waals surface area contributed by atoms with Gasteiger partial charge in [0, 0.05) is 13.1 Å². The van der Waals surface area contributed by atoms with Crippen LogP contribution in [0.15, 0.2) is 0 Å². The van der Waals surface area contributed by atoms with Gasteiger partial charge < -0.3 is 15.4 Å². The fourth-order valence-electron chi connectivity index (χ4n) is 1.16. The quantitative estimate of drug-likeness (QED) is 0.543. The second-order valence-electron chi connectivity index (χ2n) is 3.67. The first-order valence-electron chi connectivity index (χ1n) is 4.34. The molecule has 0 atom stereocenters. The van der Waals surface area contributed by atoms with E-state index < -0.39 is 5.54 Å². The molecule has 3 N–H and O–H groups in total. The lowest BCUT2D eigenvalue weighted by molar-refractivity contribution is -0.144. The van der Waals surface area contributed by atoms with E-state index in [1.807, 2.05) is 19.0 Å². The van der Waals surface area contributed by atoms with Crippen LogP contribution in [0.2, 0.25) is 0 Å². The molecule has 1 heterocycles. The third-order valence-corrected chi connectivity index (χ3v) is 2.19. The molecule has 5 heteroatoms. The number of primary amides is 1. The molecule has 13 heavy (non-hydrogen) atoms. The maximum absolute atomic E-state index is 11.0. The van der Waals surface area contributed by atoms with Crippen molar-refractivity contribution < 1.29 is 9.53 Å². The van der Waals surface area contributed by atoms with Crippen molar-refractivity contribution in [1.29, 1.82) is 0 Å². The van der Waals surface area contributed by atoms with Gasteiger partial charge in [0.05, 0.1) is 13.2 Å². The maximum atomic E-state index is 11.0. The summed E-state index contributed by atoms with van der Waals surface area (Å²) in [6.45, 7) is 2.43. The van der Waals surface area contributed by atoms with E-state index in [0.717, 1.165) is 13.1 Å². The molecule has 1 saturated heterocycles. The Hall–Kier alpha value is -0.650. The van der Waals surface area contributed by atoms with Crippen molar-refractivity contribution in [1.82, 2.24) is 10.2 Å². The van der Waals surface area contributed by atoms with Crippen molar-refractivity contribution >= 4 is 5.91 Å². The number of hydrogen-bond donors (Lipinski definition) is 2. The zero-order valence-electron chi connectivity index (χ0n) is 8.17. The minimum Gasteiger partial charge on any atom is -0.376 e. The molecule has 1 aliphatic rings. The number of likely N-dealkylation sites (N-methyl/N-ethyl adjacent to an activating group) is 1. The number of rotatable bonds is 5. The highest BCUT2D eigenvalue weighted by Crippen LogP contribution is 2.15. The third kappa shape index (κ3) is 2.40. The molecule has 1 amide bonds. The fraction of sp³-hybridized carbons (Fsp3) is 0.875. The molecule has 1 rings (SSSR count). The molecule has 0 radical (unpaired) electrons. The Bertz CT molecular complexity index is 190. The Kier molecular flexibility index (Phi) is 3.24. The van der Waals surface area contributed by atoms with Crippen molar-refractivity contribution in [2.75, 3.05) is 40.4 Å². The summed E-state index contributed by atoms with van der Waals surface area (Å²) in [4.78, 5) is 13.1. The molecule has 0 aromatic carbocycles. The van der Waals surface area contributed by atoms with E-state index in [1.54, 1.807) is 0 Å². The van der Waals surface area contributed by atoms with Gasteiger partial charge in [-0.25, -0.2) is 0 Å². The van der Waals surface area contributed by atoms with Crippen LogP contribution >= 0.6 is 0 Å². The molecular weight excluding hydrogens is 170 g/mol. The van der Waals surface area contributed by atoms with Crippen molar-refractivity contribution in [3.63, 3.8) is 0 Å². The van der Waals surface area contributed by atoms with E-state index in [4.69, 9.17) is 10.5 Å². The minimum atomic E-state index is -0.601. The summed E-state index contributed by atoms with van der Waals surface area (Å²) in [5, 5.41) is 3.12. The van der Waals surface area contributed by atoms with Gasteiger partial charge in [-0.15, -0.1) is 0 Å². The maximum Gasteiger partial charge on any atom is 0.242 e. The second-order valence-corrected chi connectivity index (χ2v) is 3.67. The first kappa shape index (κ1) is 10.4.